The minimum absolute atomic E-state index is 0.458. The van der Waals surface area contributed by atoms with Crippen LogP contribution in [0.2, 0.25) is 0 Å². The first-order valence-electron chi connectivity index (χ1n) is 5.91. The monoisotopic (exact) mass is 222 g/mol. The van der Waals surface area contributed by atoms with Crippen molar-refractivity contribution < 1.29 is 0 Å². The standard InChI is InChI=1S/C12H22N4/c1-11(2)9(12(11,3)4)6-13-7-10-14-8-15-16(10)5/h8-9,13H,6-7H2,1-5H3. The smallest absolute Gasteiger partial charge is 0.140 e. The van der Waals surface area contributed by atoms with Crippen LogP contribution >= 0.6 is 0 Å². The van der Waals surface area contributed by atoms with Crippen LogP contribution in [0.1, 0.15) is 33.5 Å². The number of hydrogen-bond acceptors (Lipinski definition) is 3. The van der Waals surface area contributed by atoms with Gasteiger partial charge in [-0.2, -0.15) is 5.10 Å². The van der Waals surface area contributed by atoms with Gasteiger partial charge < -0.3 is 5.32 Å². The maximum absolute atomic E-state index is 4.20. The molecule has 2 rings (SSSR count). The Kier molecular flexibility index (Phi) is 2.57. The molecule has 4 nitrogen and oxygen atoms in total. The Morgan fingerprint density at radius 1 is 1.31 bits per heavy atom. The molecule has 1 fully saturated rings. The van der Waals surface area contributed by atoms with Gasteiger partial charge >= 0.3 is 0 Å². The van der Waals surface area contributed by atoms with Gasteiger partial charge in [0.1, 0.15) is 12.2 Å². The van der Waals surface area contributed by atoms with E-state index in [0.29, 0.717) is 10.8 Å². The van der Waals surface area contributed by atoms with Gasteiger partial charge in [-0.1, -0.05) is 27.7 Å². The van der Waals surface area contributed by atoms with Gasteiger partial charge in [0.25, 0.3) is 0 Å². The molecule has 0 atom stereocenters. The minimum atomic E-state index is 0.458. The summed E-state index contributed by atoms with van der Waals surface area (Å²) in [7, 11) is 1.93. The predicted octanol–water partition coefficient (Wildman–Crippen LogP) is 1.59. The molecule has 0 aliphatic heterocycles. The van der Waals surface area contributed by atoms with Gasteiger partial charge in [0.05, 0.1) is 6.54 Å². The van der Waals surface area contributed by atoms with Gasteiger partial charge in [-0.3, -0.25) is 4.68 Å². The third-order valence-corrected chi connectivity index (χ3v) is 4.76. The molecule has 1 N–H and O–H groups in total. The topological polar surface area (TPSA) is 42.7 Å². The molecule has 0 radical (unpaired) electrons. The van der Waals surface area contributed by atoms with E-state index in [1.807, 2.05) is 11.7 Å². The van der Waals surface area contributed by atoms with Gasteiger partial charge in [-0.15, -0.1) is 0 Å². The van der Waals surface area contributed by atoms with Crippen LogP contribution in [0, 0.1) is 16.7 Å². The molecule has 1 saturated carbocycles. The van der Waals surface area contributed by atoms with E-state index < -0.39 is 0 Å². The second-order valence-electron chi connectivity index (χ2n) is 5.93. The zero-order valence-electron chi connectivity index (χ0n) is 10.9. The number of nitrogens with one attached hydrogen (secondary N) is 1. The Morgan fingerprint density at radius 2 is 1.94 bits per heavy atom. The van der Waals surface area contributed by atoms with E-state index in [-0.39, 0.29) is 0 Å². The van der Waals surface area contributed by atoms with Gasteiger partial charge in [0.2, 0.25) is 0 Å². The molecule has 1 aliphatic carbocycles. The first-order valence-corrected chi connectivity index (χ1v) is 5.91. The van der Waals surface area contributed by atoms with Crippen LogP contribution in [0.5, 0.6) is 0 Å². The van der Waals surface area contributed by atoms with E-state index >= 15 is 0 Å². The van der Waals surface area contributed by atoms with Crippen LogP contribution in [-0.2, 0) is 13.6 Å². The Bertz CT molecular complexity index is 364. The fraction of sp³-hybridized carbons (Fsp3) is 0.833. The second kappa shape index (κ2) is 3.55. The lowest BCUT2D eigenvalue weighted by molar-refractivity contribution is 0.457. The first-order chi connectivity index (χ1) is 7.37. The highest BCUT2D eigenvalue weighted by atomic mass is 15.3. The van der Waals surface area contributed by atoms with Gasteiger partial charge in [-0.25, -0.2) is 4.98 Å². The summed E-state index contributed by atoms with van der Waals surface area (Å²) >= 11 is 0. The lowest BCUT2D eigenvalue weighted by atomic mass is 10.0. The number of rotatable bonds is 4. The number of hydrogen-bond donors (Lipinski definition) is 1. The second-order valence-corrected chi connectivity index (χ2v) is 5.93. The fourth-order valence-corrected chi connectivity index (χ4v) is 2.65. The van der Waals surface area contributed by atoms with Crippen molar-refractivity contribution in [2.45, 2.75) is 34.2 Å². The molecule has 1 aliphatic rings. The molecule has 1 heterocycles. The number of nitrogens with zero attached hydrogens (tertiary/aromatic N) is 3. The molecular weight excluding hydrogens is 200 g/mol. The third-order valence-electron chi connectivity index (χ3n) is 4.76. The summed E-state index contributed by atoms with van der Waals surface area (Å²) in [5, 5.41) is 7.53. The van der Waals surface area contributed by atoms with Gasteiger partial charge in [0.15, 0.2) is 0 Å². The molecule has 4 heteroatoms. The van der Waals surface area contributed by atoms with Crippen molar-refractivity contribution in [2.75, 3.05) is 6.54 Å². The van der Waals surface area contributed by atoms with Crippen molar-refractivity contribution in [1.29, 1.82) is 0 Å². The molecule has 0 amide bonds. The maximum atomic E-state index is 4.20. The van der Waals surface area contributed by atoms with Crippen molar-refractivity contribution in [3.63, 3.8) is 0 Å². The Morgan fingerprint density at radius 3 is 2.38 bits per heavy atom. The van der Waals surface area contributed by atoms with Crippen LogP contribution in [0.3, 0.4) is 0 Å². The van der Waals surface area contributed by atoms with E-state index in [0.717, 1.165) is 24.8 Å². The predicted molar refractivity (Wildman–Crippen MR) is 63.8 cm³/mol. The van der Waals surface area contributed by atoms with Crippen LogP contribution in [0.15, 0.2) is 6.33 Å². The molecule has 1 aromatic heterocycles. The van der Waals surface area contributed by atoms with Crippen molar-refractivity contribution in [2.24, 2.45) is 23.8 Å². The van der Waals surface area contributed by atoms with E-state index in [4.69, 9.17) is 0 Å². The van der Waals surface area contributed by atoms with E-state index in [1.165, 1.54) is 0 Å². The average molecular weight is 222 g/mol. The van der Waals surface area contributed by atoms with Crippen molar-refractivity contribution in [1.82, 2.24) is 20.1 Å². The number of aryl methyl sites for hydroxylation is 1. The Balaban J connectivity index is 1.81. The summed E-state index contributed by atoms with van der Waals surface area (Å²) in [4.78, 5) is 4.20. The first kappa shape index (κ1) is 11.6. The summed E-state index contributed by atoms with van der Waals surface area (Å²) < 4.78 is 1.82. The highest BCUT2D eigenvalue weighted by Crippen LogP contribution is 2.67. The summed E-state index contributed by atoms with van der Waals surface area (Å²) in [5.41, 5.74) is 0.916. The normalized spacial score (nSPS) is 22.3. The van der Waals surface area contributed by atoms with Crippen molar-refractivity contribution >= 4 is 0 Å². The SMILES string of the molecule is Cn1ncnc1CNCC1C(C)(C)C1(C)C. The van der Waals surface area contributed by atoms with Crippen LogP contribution in [0.25, 0.3) is 0 Å². The summed E-state index contributed by atoms with van der Waals surface area (Å²) in [6.45, 7) is 11.3. The zero-order chi connectivity index (χ0) is 12.0. The molecule has 0 saturated heterocycles. The molecule has 90 valence electrons. The fourth-order valence-electron chi connectivity index (χ4n) is 2.65. The zero-order valence-corrected chi connectivity index (χ0v) is 10.9. The molecule has 0 bridgehead atoms. The maximum Gasteiger partial charge on any atom is 0.140 e. The average Bonchev–Trinajstić information content (AvgIpc) is 2.52. The highest BCUT2D eigenvalue weighted by molar-refractivity contribution is 5.12. The molecule has 1 aromatic rings. The Labute approximate surface area is 97.5 Å². The van der Waals surface area contributed by atoms with Crippen LogP contribution in [-0.4, -0.2) is 21.3 Å². The minimum Gasteiger partial charge on any atom is -0.310 e. The molecular formula is C12H22N4. The summed E-state index contributed by atoms with van der Waals surface area (Å²) in [6.07, 6.45) is 1.60. The lowest BCUT2D eigenvalue weighted by Gasteiger charge is -2.05. The van der Waals surface area contributed by atoms with Gasteiger partial charge in [-0.05, 0) is 23.3 Å². The summed E-state index contributed by atoms with van der Waals surface area (Å²) in [6, 6.07) is 0. The van der Waals surface area contributed by atoms with Gasteiger partial charge in [0, 0.05) is 7.05 Å². The highest BCUT2D eigenvalue weighted by Gasteiger charge is 2.63. The van der Waals surface area contributed by atoms with Crippen molar-refractivity contribution in [3.8, 4) is 0 Å². The summed E-state index contributed by atoms with van der Waals surface area (Å²) in [5.74, 6) is 1.75. The molecule has 0 spiro atoms. The Hall–Kier alpha value is -0.900. The molecule has 0 unspecified atom stereocenters. The van der Waals surface area contributed by atoms with Crippen molar-refractivity contribution in [3.05, 3.63) is 12.2 Å². The van der Waals surface area contributed by atoms with E-state index in [2.05, 4.69) is 43.1 Å². The van der Waals surface area contributed by atoms with Crippen LogP contribution < -0.4 is 5.32 Å². The lowest BCUT2D eigenvalue weighted by Crippen LogP contribution is -2.21. The quantitative estimate of drug-likeness (QED) is 0.841. The number of aromatic nitrogens is 3. The third kappa shape index (κ3) is 1.65. The molecule has 0 aromatic carbocycles. The van der Waals surface area contributed by atoms with Crippen LogP contribution in [0.4, 0.5) is 0 Å². The van der Waals surface area contributed by atoms with E-state index in [9.17, 15) is 0 Å². The van der Waals surface area contributed by atoms with E-state index in [1.54, 1.807) is 6.33 Å². The largest absolute Gasteiger partial charge is 0.310 e. The molecule has 16 heavy (non-hydrogen) atoms.